The summed E-state index contributed by atoms with van der Waals surface area (Å²) < 4.78 is 11.3. The fourth-order valence-corrected chi connectivity index (χ4v) is 2.37. The third-order valence-electron chi connectivity index (χ3n) is 3.76. The standard InChI is InChI=1S/C21H18N2O5/c24-18(20(25)26)11-17-12-19(27-13-15-7-3-1-4-8-15)23-21(22-17)28-14-16-9-5-2-6-10-16/h1-10,12H,11,13-14H2,(H,25,26). The summed E-state index contributed by atoms with van der Waals surface area (Å²) in [4.78, 5) is 30.7. The largest absolute Gasteiger partial charge is 0.475 e. The Kier molecular flexibility index (Phi) is 6.30. The molecule has 1 aromatic heterocycles. The molecule has 7 nitrogen and oxygen atoms in total. The third-order valence-corrected chi connectivity index (χ3v) is 3.76. The summed E-state index contributed by atoms with van der Waals surface area (Å²) in [7, 11) is 0. The van der Waals surface area contributed by atoms with Gasteiger partial charge in [0.15, 0.2) is 0 Å². The van der Waals surface area contributed by atoms with Crippen molar-refractivity contribution < 1.29 is 24.2 Å². The van der Waals surface area contributed by atoms with Crippen molar-refractivity contribution in [3.05, 3.63) is 83.6 Å². The van der Waals surface area contributed by atoms with E-state index in [0.717, 1.165) is 11.1 Å². The highest BCUT2D eigenvalue weighted by molar-refractivity contribution is 6.33. The Morgan fingerprint density at radius 2 is 1.39 bits per heavy atom. The van der Waals surface area contributed by atoms with Crippen molar-refractivity contribution in [1.82, 2.24) is 9.97 Å². The van der Waals surface area contributed by atoms with E-state index in [1.165, 1.54) is 6.07 Å². The number of carbonyl (C=O) groups is 2. The van der Waals surface area contributed by atoms with Crippen LogP contribution in [0.1, 0.15) is 16.8 Å². The minimum atomic E-state index is -1.52. The highest BCUT2D eigenvalue weighted by atomic mass is 16.5. The van der Waals surface area contributed by atoms with Crippen LogP contribution >= 0.6 is 0 Å². The van der Waals surface area contributed by atoms with Crippen LogP contribution in [0.15, 0.2) is 66.7 Å². The first-order valence-electron chi connectivity index (χ1n) is 8.57. The highest BCUT2D eigenvalue weighted by Crippen LogP contribution is 2.17. The number of rotatable bonds is 9. The lowest BCUT2D eigenvalue weighted by atomic mass is 10.2. The summed E-state index contributed by atoms with van der Waals surface area (Å²) in [5.41, 5.74) is 2.08. The maximum atomic E-state index is 11.6. The van der Waals surface area contributed by atoms with E-state index in [9.17, 15) is 9.59 Å². The molecular weight excluding hydrogens is 360 g/mol. The average molecular weight is 378 g/mol. The van der Waals surface area contributed by atoms with Gasteiger partial charge in [0.1, 0.15) is 13.2 Å². The molecule has 0 aliphatic rings. The van der Waals surface area contributed by atoms with E-state index in [2.05, 4.69) is 9.97 Å². The number of carbonyl (C=O) groups excluding carboxylic acids is 1. The molecule has 2 aromatic carbocycles. The lowest BCUT2D eigenvalue weighted by Gasteiger charge is -2.10. The monoisotopic (exact) mass is 378 g/mol. The van der Waals surface area contributed by atoms with Gasteiger partial charge in [0, 0.05) is 6.07 Å². The zero-order valence-electron chi connectivity index (χ0n) is 14.9. The molecular formula is C21H18N2O5. The minimum Gasteiger partial charge on any atom is -0.475 e. The number of aromatic nitrogens is 2. The molecule has 0 fully saturated rings. The van der Waals surface area contributed by atoms with Gasteiger partial charge in [0.25, 0.3) is 0 Å². The SMILES string of the molecule is O=C(O)C(=O)Cc1cc(OCc2ccccc2)nc(OCc2ccccc2)n1. The van der Waals surface area contributed by atoms with Crippen molar-refractivity contribution in [2.75, 3.05) is 0 Å². The predicted octanol–water partition coefficient (Wildman–Crippen LogP) is 2.83. The molecule has 142 valence electrons. The van der Waals surface area contributed by atoms with Gasteiger partial charge >= 0.3 is 12.0 Å². The van der Waals surface area contributed by atoms with Crippen molar-refractivity contribution in [1.29, 1.82) is 0 Å². The lowest BCUT2D eigenvalue weighted by molar-refractivity contribution is -0.148. The van der Waals surface area contributed by atoms with Crippen LogP contribution in [-0.2, 0) is 29.2 Å². The molecule has 0 bridgehead atoms. The minimum absolute atomic E-state index is 0.0163. The summed E-state index contributed by atoms with van der Waals surface area (Å²) in [6.07, 6.45) is -0.374. The molecule has 0 radical (unpaired) electrons. The highest BCUT2D eigenvalue weighted by Gasteiger charge is 2.16. The normalized spacial score (nSPS) is 10.3. The van der Waals surface area contributed by atoms with Gasteiger partial charge in [0.2, 0.25) is 11.7 Å². The second kappa shape index (κ2) is 9.27. The molecule has 0 aliphatic carbocycles. The Morgan fingerprint density at radius 3 is 1.96 bits per heavy atom. The molecule has 0 unspecified atom stereocenters. The number of hydrogen-bond acceptors (Lipinski definition) is 6. The predicted molar refractivity (Wildman–Crippen MR) is 99.9 cm³/mol. The Bertz CT molecular complexity index is 884. The Hall–Kier alpha value is -3.74. The zero-order valence-corrected chi connectivity index (χ0v) is 14.9. The first-order chi connectivity index (χ1) is 13.6. The average Bonchev–Trinajstić information content (AvgIpc) is 2.72. The fraction of sp³-hybridized carbons (Fsp3) is 0.143. The molecule has 0 saturated heterocycles. The van der Waals surface area contributed by atoms with E-state index in [4.69, 9.17) is 14.6 Å². The molecule has 1 heterocycles. The van der Waals surface area contributed by atoms with Crippen molar-refractivity contribution >= 4 is 11.8 Å². The molecule has 3 aromatic rings. The molecule has 0 aliphatic heterocycles. The summed E-state index contributed by atoms with van der Waals surface area (Å²) in [5, 5.41) is 8.83. The van der Waals surface area contributed by atoms with Crippen LogP contribution in [0.3, 0.4) is 0 Å². The smallest absolute Gasteiger partial charge is 0.372 e. The molecule has 0 saturated carbocycles. The molecule has 0 atom stereocenters. The lowest BCUT2D eigenvalue weighted by Crippen LogP contribution is -2.16. The first-order valence-corrected chi connectivity index (χ1v) is 8.57. The molecule has 0 amide bonds. The zero-order chi connectivity index (χ0) is 19.8. The molecule has 0 spiro atoms. The molecule has 3 rings (SSSR count). The van der Waals surface area contributed by atoms with E-state index in [-0.39, 0.29) is 37.2 Å². The van der Waals surface area contributed by atoms with Gasteiger partial charge in [-0.2, -0.15) is 9.97 Å². The van der Waals surface area contributed by atoms with Crippen LogP contribution in [0.5, 0.6) is 11.9 Å². The van der Waals surface area contributed by atoms with Crippen LogP contribution in [0.25, 0.3) is 0 Å². The van der Waals surface area contributed by atoms with Crippen LogP contribution in [0.4, 0.5) is 0 Å². The number of nitrogens with zero attached hydrogens (tertiary/aromatic N) is 2. The maximum Gasteiger partial charge on any atom is 0.372 e. The third kappa shape index (κ3) is 5.63. The Labute approximate surface area is 161 Å². The molecule has 28 heavy (non-hydrogen) atoms. The van der Waals surface area contributed by atoms with E-state index in [1.54, 1.807) is 0 Å². The number of ketones is 1. The Morgan fingerprint density at radius 1 is 0.821 bits per heavy atom. The van der Waals surface area contributed by atoms with Crippen molar-refractivity contribution in [3.63, 3.8) is 0 Å². The quantitative estimate of drug-likeness (QED) is 0.572. The topological polar surface area (TPSA) is 98.6 Å². The number of ether oxygens (including phenoxy) is 2. The number of aliphatic carboxylic acids is 1. The van der Waals surface area contributed by atoms with E-state index < -0.39 is 11.8 Å². The van der Waals surface area contributed by atoms with Crippen LogP contribution < -0.4 is 9.47 Å². The summed E-state index contributed by atoms with van der Waals surface area (Å²) in [5.74, 6) is -2.28. The second-order valence-electron chi connectivity index (χ2n) is 5.93. The number of hydrogen-bond donors (Lipinski definition) is 1. The number of benzene rings is 2. The van der Waals surface area contributed by atoms with Gasteiger partial charge < -0.3 is 14.6 Å². The van der Waals surface area contributed by atoms with Gasteiger partial charge in [-0.05, 0) is 11.1 Å². The number of Topliss-reactive ketones (excluding diaryl/α,β-unsaturated/α-hetero) is 1. The first kappa shape index (κ1) is 19.0. The second-order valence-corrected chi connectivity index (χ2v) is 5.93. The fourth-order valence-electron chi connectivity index (χ4n) is 2.37. The molecule has 1 N–H and O–H groups in total. The van der Waals surface area contributed by atoms with Crippen molar-refractivity contribution in [2.45, 2.75) is 19.6 Å². The van der Waals surface area contributed by atoms with Gasteiger partial charge in [-0.25, -0.2) is 4.79 Å². The molecule has 7 heteroatoms. The maximum absolute atomic E-state index is 11.6. The van der Waals surface area contributed by atoms with E-state index >= 15 is 0 Å². The van der Waals surface area contributed by atoms with Gasteiger partial charge in [-0.1, -0.05) is 60.7 Å². The van der Waals surface area contributed by atoms with Gasteiger partial charge in [-0.3, -0.25) is 4.79 Å². The van der Waals surface area contributed by atoms with Crippen molar-refractivity contribution in [3.8, 4) is 11.9 Å². The van der Waals surface area contributed by atoms with Crippen LogP contribution in [-0.4, -0.2) is 26.8 Å². The van der Waals surface area contributed by atoms with E-state index in [1.807, 2.05) is 60.7 Å². The van der Waals surface area contributed by atoms with Crippen LogP contribution in [0, 0.1) is 0 Å². The number of carboxylic acid groups (broad SMARTS) is 1. The summed E-state index contributed by atoms with van der Waals surface area (Å²) in [6, 6.07) is 20.4. The van der Waals surface area contributed by atoms with E-state index in [0.29, 0.717) is 0 Å². The Balaban J connectivity index is 1.76. The summed E-state index contributed by atoms with van der Waals surface area (Å²) >= 11 is 0. The number of carboxylic acids is 1. The summed E-state index contributed by atoms with van der Waals surface area (Å²) in [6.45, 7) is 0.498. The van der Waals surface area contributed by atoms with Gasteiger partial charge in [0.05, 0.1) is 12.1 Å². The van der Waals surface area contributed by atoms with Crippen LogP contribution in [0.2, 0.25) is 0 Å². The van der Waals surface area contributed by atoms with Crippen molar-refractivity contribution in [2.24, 2.45) is 0 Å². The van der Waals surface area contributed by atoms with Gasteiger partial charge in [-0.15, -0.1) is 0 Å².